The number of nitrogen functional groups attached to an aromatic ring is 1. The first-order chi connectivity index (χ1) is 7.68. The SMILES string of the molecule is Nc1ccc(F)cc1C(=O)C1CCCCC1. The molecule has 0 bridgehead atoms. The molecule has 0 atom stereocenters. The molecule has 0 saturated heterocycles. The fourth-order valence-electron chi connectivity index (χ4n) is 2.33. The Bertz CT molecular complexity index is 397. The molecular weight excluding hydrogens is 205 g/mol. The molecule has 2 nitrogen and oxygen atoms in total. The molecule has 0 aromatic heterocycles. The Hall–Kier alpha value is -1.38. The molecule has 0 unspecified atom stereocenters. The number of hydrogen-bond acceptors (Lipinski definition) is 2. The third-order valence-electron chi connectivity index (χ3n) is 3.26. The van der Waals surface area contributed by atoms with E-state index < -0.39 is 5.82 Å². The van der Waals surface area contributed by atoms with E-state index in [1.807, 2.05) is 0 Å². The number of nitrogens with two attached hydrogens (primary N) is 1. The Morgan fingerprint density at radius 3 is 2.62 bits per heavy atom. The van der Waals surface area contributed by atoms with Crippen molar-refractivity contribution in [1.82, 2.24) is 0 Å². The van der Waals surface area contributed by atoms with Gasteiger partial charge in [-0.2, -0.15) is 0 Å². The fourth-order valence-corrected chi connectivity index (χ4v) is 2.33. The topological polar surface area (TPSA) is 43.1 Å². The van der Waals surface area contributed by atoms with Gasteiger partial charge >= 0.3 is 0 Å². The summed E-state index contributed by atoms with van der Waals surface area (Å²) in [6.45, 7) is 0. The van der Waals surface area contributed by atoms with Crippen molar-refractivity contribution in [2.45, 2.75) is 32.1 Å². The zero-order valence-corrected chi connectivity index (χ0v) is 9.21. The predicted molar refractivity (Wildman–Crippen MR) is 61.7 cm³/mol. The van der Waals surface area contributed by atoms with E-state index in [0.717, 1.165) is 25.7 Å². The summed E-state index contributed by atoms with van der Waals surface area (Å²) in [5.41, 5.74) is 6.45. The van der Waals surface area contributed by atoms with E-state index in [4.69, 9.17) is 5.73 Å². The molecule has 1 aliphatic rings. The zero-order valence-electron chi connectivity index (χ0n) is 9.21. The van der Waals surface area contributed by atoms with Crippen LogP contribution in [-0.2, 0) is 0 Å². The van der Waals surface area contributed by atoms with Gasteiger partial charge in [-0.15, -0.1) is 0 Å². The van der Waals surface area contributed by atoms with E-state index in [0.29, 0.717) is 11.3 Å². The van der Waals surface area contributed by atoms with Crippen LogP contribution >= 0.6 is 0 Å². The monoisotopic (exact) mass is 221 g/mol. The number of ketones is 1. The molecule has 16 heavy (non-hydrogen) atoms. The van der Waals surface area contributed by atoms with Gasteiger partial charge in [0, 0.05) is 17.2 Å². The lowest BCUT2D eigenvalue weighted by molar-refractivity contribution is 0.0890. The van der Waals surface area contributed by atoms with E-state index in [1.54, 1.807) is 0 Å². The molecule has 1 aromatic carbocycles. The lowest BCUT2D eigenvalue weighted by atomic mass is 9.83. The van der Waals surface area contributed by atoms with E-state index in [-0.39, 0.29) is 11.7 Å². The molecule has 1 fully saturated rings. The van der Waals surface area contributed by atoms with Crippen molar-refractivity contribution in [3.8, 4) is 0 Å². The van der Waals surface area contributed by atoms with Crippen LogP contribution in [0.15, 0.2) is 18.2 Å². The minimum atomic E-state index is -0.395. The highest BCUT2D eigenvalue weighted by molar-refractivity contribution is 6.02. The van der Waals surface area contributed by atoms with Gasteiger partial charge in [0.15, 0.2) is 5.78 Å². The summed E-state index contributed by atoms with van der Waals surface area (Å²) in [6.07, 6.45) is 5.20. The zero-order chi connectivity index (χ0) is 11.5. The van der Waals surface area contributed by atoms with Crippen molar-refractivity contribution in [3.05, 3.63) is 29.6 Å². The second-order valence-corrected chi connectivity index (χ2v) is 4.43. The molecule has 2 rings (SSSR count). The maximum absolute atomic E-state index is 13.1. The molecule has 86 valence electrons. The highest BCUT2D eigenvalue weighted by Gasteiger charge is 2.23. The number of Topliss-reactive ketones (excluding diaryl/α,β-unsaturated/α-hetero) is 1. The van der Waals surface area contributed by atoms with Crippen molar-refractivity contribution in [3.63, 3.8) is 0 Å². The molecule has 0 heterocycles. The van der Waals surface area contributed by atoms with Crippen molar-refractivity contribution in [2.75, 3.05) is 5.73 Å². The quantitative estimate of drug-likeness (QED) is 0.615. The van der Waals surface area contributed by atoms with Gasteiger partial charge < -0.3 is 5.73 Å². The smallest absolute Gasteiger partial charge is 0.168 e. The summed E-state index contributed by atoms with van der Waals surface area (Å²) in [5.74, 6) is -0.345. The van der Waals surface area contributed by atoms with Crippen molar-refractivity contribution >= 4 is 11.5 Å². The van der Waals surface area contributed by atoms with Crippen LogP contribution in [-0.4, -0.2) is 5.78 Å². The van der Waals surface area contributed by atoms with Crippen molar-refractivity contribution < 1.29 is 9.18 Å². The van der Waals surface area contributed by atoms with Crippen molar-refractivity contribution in [1.29, 1.82) is 0 Å². The standard InChI is InChI=1S/C13H16FNO/c14-10-6-7-12(15)11(8-10)13(16)9-4-2-1-3-5-9/h6-9H,1-5,15H2. The molecule has 0 amide bonds. The van der Waals surface area contributed by atoms with Crippen LogP contribution in [0.2, 0.25) is 0 Å². The summed E-state index contributed by atoms with van der Waals surface area (Å²) >= 11 is 0. The van der Waals surface area contributed by atoms with Gasteiger partial charge in [-0.25, -0.2) is 4.39 Å². The lowest BCUT2D eigenvalue weighted by Crippen LogP contribution is -2.19. The molecule has 3 heteroatoms. The van der Waals surface area contributed by atoms with Gasteiger partial charge in [0.05, 0.1) is 0 Å². The summed E-state index contributed by atoms with van der Waals surface area (Å²) in [4.78, 5) is 12.1. The molecule has 0 radical (unpaired) electrons. The van der Waals surface area contributed by atoms with Gasteiger partial charge in [-0.1, -0.05) is 19.3 Å². The first-order valence-corrected chi connectivity index (χ1v) is 5.77. The Morgan fingerprint density at radius 2 is 1.94 bits per heavy atom. The maximum Gasteiger partial charge on any atom is 0.168 e. The highest BCUT2D eigenvalue weighted by atomic mass is 19.1. The second kappa shape index (κ2) is 4.64. The molecule has 0 aliphatic heterocycles. The average molecular weight is 221 g/mol. The average Bonchev–Trinajstić information content (AvgIpc) is 2.32. The number of anilines is 1. The molecule has 1 saturated carbocycles. The predicted octanol–water partition coefficient (Wildman–Crippen LogP) is 3.17. The highest BCUT2D eigenvalue weighted by Crippen LogP contribution is 2.28. The first kappa shape index (κ1) is 11.1. The van der Waals surface area contributed by atoms with E-state index >= 15 is 0 Å². The van der Waals surface area contributed by atoms with Gasteiger partial charge in [0.25, 0.3) is 0 Å². The van der Waals surface area contributed by atoms with Crippen molar-refractivity contribution in [2.24, 2.45) is 5.92 Å². The van der Waals surface area contributed by atoms with E-state index in [2.05, 4.69) is 0 Å². The largest absolute Gasteiger partial charge is 0.398 e. The summed E-state index contributed by atoms with van der Waals surface area (Å²) in [7, 11) is 0. The van der Waals surface area contributed by atoms with Gasteiger partial charge in [0.1, 0.15) is 5.82 Å². The van der Waals surface area contributed by atoms with E-state index in [9.17, 15) is 9.18 Å². The summed E-state index contributed by atoms with van der Waals surface area (Å²) in [5, 5.41) is 0. The van der Waals surface area contributed by atoms with Crippen LogP contribution in [0.1, 0.15) is 42.5 Å². The summed E-state index contributed by atoms with van der Waals surface area (Å²) in [6, 6.07) is 4.00. The fraction of sp³-hybridized carbons (Fsp3) is 0.462. The number of hydrogen-bond donors (Lipinski definition) is 1. The molecule has 2 N–H and O–H groups in total. The maximum atomic E-state index is 13.1. The Kier molecular flexibility index (Phi) is 3.22. The number of benzene rings is 1. The third kappa shape index (κ3) is 2.23. The second-order valence-electron chi connectivity index (χ2n) is 4.43. The number of halogens is 1. The van der Waals surface area contributed by atoms with Crippen LogP contribution in [0.25, 0.3) is 0 Å². The molecule has 1 aromatic rings. The Labute approximate surface area is 94.6 Å². The minimum Gasteiger partial charge on any atom is -0.398 e. The molecular formula is C13H16FNO. The van der Waals surface area contributed by atoms with Crippen LogP contribution in [0, 0.1) is 11.7 Å². The molecule has 0 spiro atoms. The van der Waals surface area contributed by atoms with Gasteiger partial charge in [0.2, 0.25) is 0 Å². The first-order valence-electron chi connectivity index (χ1n) is 5.77. The molecule has 1 aliphatic carbocycles. The summed E-state index contributed by atoms with van der Waals surface area (Å²) < 4.78 is 13.1. The Morgan fingerprint density at radius 1 is 1.25 bits per heavy atom. The number of carbonyl (C=O) groups excluding carboxylic acids is 1. The number of rotatable bonds is 2. The van der Waals surface area contributed by atoms with Crippen LogP contribution < -0.4 is 5.73 Å². The normalized spacial score (nSPS) is 17.3. The minimum absolute atomic E-state index is 0.0108. The van der Waals surface area contributed by atoms with Crippen LogP contribution in [0.3, 0.4) is 0 Å². The van der Waals surface area contributed by atoms with Crippen LogP contribution in [0.5, 0.6) is 0 Å². The van der Waals surface area contributed by atoms with Crippen LogP contribution in [0.4, 0.5) is 10.1 Å². The Balaban J connectivity index is 2.22. The number of carbonyl (C=O) groups is 1. The van der Waals surface area contributed by atoms with Gasteiger partial charge in [-0.3, -0.25) is 4.79 Å². The van der Waals surface area contributed by atoms with E-state index in [1.165, 1.54) is 24.6 Å². The lowest BCUT2D eigenvalue weighted by Gasteiger charge is -2.20. The third-order valence-corrected chi connectivity index (χ3v) is 3.26. The van der Waals surface area contributed by atoms with Gasteiger partial charge in [-0.05, 0) is 31.0 Å².